The number of rotatable bonds is 3. The molecule has 142 valence electrons. The topological polar surface area (TPSA) is 95.8 Å². The predicted octanol–water partition coefficient (Wildman–Crippen LogP) is 1.71. The minimum atomic E-state index is -0.549. The molecule has 0 saturated carbocycles. The molecule has 2 heterocycles. The maximum absolute atomic E-state index is 12.8. The number of nitro benzene ring substituents is 1. The lowest BCUT2D eigenvalue weighted by molar-refractivity contribution is -0.384. The molecule has 2 saturated heterocycles. The summed E-state index contributed by atoms with van der Waals surface area (Å²) in [4.78, 5) is 38.6. The van der Waals surface area contributed by atoms with Gasteiger partial charge < -0.3 is 15.1 Å². The highest BCUT2D eigenvalue weighted by Crippen LogP contribution is 2.25. The molecule has 2 aliphatic heterocycles. The van der Waals surface area contributed by atoms with Gasteiger partial charge in [0.1, 0.15) is 0 Å². The van der Waals surface area contributed by atoms with E-state index in [0.717, 1.165) is 19.4 Å². The summed E-state index contributed by atoms with van der Waals surface area (Å²) in [6.45, 7) is 2.77. The van der Waals surface area contributed by atoms with Crippen molar-refractivity contribution in [2.45, 2.75) is 18.9 Å². The Kier molecular flexibility index (Phi) is 6.80. The first kappa shape index (κ1) is 20.4. The van der Waals surface area contributed by atoms with Gasteiger partial charge in [-0.05, 0) is 18.9 Å². The smallest absolute Gasteiger partial charge is 0.270 e. The van der Waals surface area contributed by atoms with Gasteiger partial charge in [-0.1, -0.05) is 11.6 Å². The number of carbonyl (C=O) groups is 2. The van der Waals surface area contributed by atoms with E-state index in [2.05, 4.69) is 5.32 Å². The van der Waals surface area contributed by atoms with Crippen molar-refractivity contribution >= 4 is 41.5 Å². The van der Waals surface area contributed by atoms with Gasteiger partial charge in [0.15, 0.2) is 0 Å². The van der Waals surface area contributed by atoms with Crippen LogP contribution in [0.25, 0.3) is 0 Å². The molecule has 1 aromatic rings. The summed E-state index contributed by atoms with van der Waals surface area (Å²) in [7, 11) is 0. The van der Waals surface area contributed by atoms with Crippen LogP contribution in [0.15, 0.2) is 18.2 Å². The van der Waals surface area contributed by atoms with Gasteiger partial charge in [0.25, 0.3) is 11.6 Å². The van der Waals surface area contributed by atoms with Gasteiger partial charge >= 0.3 is 0 Å². The predicted molar refractivity (Wildman–Crippen MR) is 98.9 cm³/mol. The molecular weight excluding hydrogens is 383 g/mol. The number of amides is 2. The van der Waals surface area contributed by atoms with E-state index in [1.165, 1.54) is 18.2 Å². The Morgan fingerprint density at radius 1 is 1.35 bits per heavy atom. The Morgan fingerprint density at radius 3 is 2.77 bits per heavy atom. The number of piperidine rings is 1. The third-order valence-electron chi connectivity index (χ3n) is 4.64. The van der Waals surface area contributed by atoms with E-state index in [4.69, 9.17) is 11.6 Å². The summed E-state index contributed by atoms with van der Waals surface area (Å²) < 4.78 is 0. The van der Waals surface area contributed by atoms with Crippen LogP contribution in [0.2, 0.25) is 5.02 Å². The molecule has 0 radical (unpaired) electrons. The van der Waals surface area contributed by atoms with Crippen LogP contribution in [0, 0.1) is 10.1 Å². The summed E-state index contributed by atoms with van der Waals surface area (Å²) in [6.07, 6.45) is 1.67. The van der Waals surface area contributed by atoms with Crippen molar-refractivity contribution in [3.8, 4) is 0 Å². The lowest BCUT2D eigenvalue weighted by Gasteiger charge is -2.41. The number of non-ortho nitro benzene ring substituents is 1. The molecule has 1 unspecified atom stereocenters. The number of nitrogens with one attached hydrogen (secondary N) is 1. The number of carbonyl (C=O) groups excluding carboxylic acids is 2. The molecular formula is C16H20Cl2N4O4. The number of hydrogen-bond acceptors (Lipinski definition) is 5. The number of halogens is 2. The van der Waals surface area contributed by atoms with Crippen LogP contribution in [-0.2, 0) is 4.79 Å². The van der Waals surface area contributed by atoms with Gasteiger partial charge in [0.2, 0.25) is 5.91 Å². The van der Waals surface area contributed by atoms with Crippen LogP contribution in [-0.4, -0.2) is 65.3 Å². The van der Waals surface area contributed by atoms with Crippen LogP contribution in [0.5, 0.6) is 0 Å². The monoisotopic (exact) mass is 402 g/mol. The number of likely N-dealkylation sites (tertiary alicyclic amines) is 1. The fourth-order valence-electron chi connectivity index (χ4n) is 3.36. The van der Waals surface area contributed by atoms with E-state index < -0.39 is 4.92 Å². The van der Waals surface area contributed by atoms with Crippen LogP contribution >= 0.6 is 24.0 Å². The van der Waals surface area contributed by atoms with E-state index >= 15 is 0 Å². The highest BCUT2D eigenvalue weighted by Gasteiger charge is 2.32. The first-order valence-electron chi connectivity index (χ1n) is 8.21. The molecule has 1 aromatic carbocycles. The minimum Gasteiger partial charge on any atom is -0.337 e. The SMILES string of the molecule is Cl.O=C(c1ccc([N+](=O)[O-])cc1Cl)N1CCCC(N2CCNCC2=O)C1. The molecule has 0 spiro atoms. The largest absolute Gasteiger partial charge is 0.337 e. The Balaban J connectivity index is 0.00000243. The highest BCUT2D eigenvalue weighted by molar-refractivity contribution is 6.34. The number of hydrogen-bond donors (Lipinski definition) is 1. The van der Waals surface area contributed by atoms with Crippen LogP contribution in [0.1, 0.15) is 23.2 Å². The van der Waals surface area contributed by atoms with E-state index in [-0.39, 0.29) is 46.5 Å². The van der Waals surface area contributed by atoms with Crippen molar-refractivity contribution in [1.29, 1.82) is 0 Å². The molecule has 10 heteroatoms. The number of piperazine rings is 1. The summed E-state index contributed by atoms with van der Waals surface area (Å²) in [5.74, 6) is -0.203. The van der Waals surface area contributed by atoms with E-state index in [0.29, 0.717) is 26.2 Å². The number of nitrogens with zero attached hydrogens (tertiary/aromatic N) is 3. The molecule has 2 amide bonds. The standard InChI is InChI=1S/C16H19ClN4O4.ClH/c17-14-8-11(21(24)25)3-4-13(14)16(23)19-6-1-2-12(10-19)20-7-5-18-9-15(20)22;/h3-4,8,12,18H,1-2,5-7,9-10H2;1H. The average molecular weight is 403 g/mol. The van der Waals surface area contributed by atoms with Gasteiger partial charge in [-0.3, -0.25) is 19.7 Å². The third-order valence-corrected chi connectivity index (χ3v) is 4.96. The Morgan fingerprint density at radius 2 is 2.12 bits per heavy atom. The van der Waals surface area contributed by atoms with Crippen molar-refractivity contribution in [1.82, 2.24) is 15.1 Å². The Bertz CT molecular complexity index is 715. The van der Waals surface area contributed by atoms with Crippen molar-refractivity contribution in [2.24, 2.45) is 0 Å². The lowest BCUT2D eigenvalue weighted by atomic mass is 10.0. The second-order valence-electron chi connectivity index (χ2n) is 6.23. The molecule has 0 aromatic heterocycles. The zero-order chi connectivity index (χ0) is 18.0. The summed E-state index contributed by atoms with van der Waals surface area (Å²) in [6, 6.07) is 3.86. The fourth-order valence-corrected chi connectivity index (χ4v) is 3.62. The summed E-state index contributed by atoms with van der Waals surface area (Å²) >= 11 is 6.07. The molecule has 0 aliphatic carbocycles. The van der Waals surface area contributed by atoms with Crippen LogP contribution < -0.4 is 5.32 Å². The van der Waals surface area contributed by atoms with Crippen molar-refractivity contribution in [2.75, 3.05) is 32.7 Å². The minimum absolute atomic E-state index is 0. The average Bonchev–Trinajstić information content (AvgIpc) is 2.61. The summed E-state index contributed by atoms with van der Waals surface area (Å²) in [5.41, 5.74) is 0.101. The van der Waals surface area contributed by atoms with E-state index in [9.17, 15) is 19.7 Å². The molecule has 8 nitrogen and oxygen atoms in total. The first-order chi connectivity index (χ1) is 12.0. The van der Waals surface area contributed by atoms with Crippen molar-refractivity contribution in [3.63, 3.8) is 0 Å². The third kappa shape index (κ3) is 4.25. The second kappa shape index (κ2) is 8.66. The highest BCUT2D eigenvalue weighted by atomic mass is 35.5. The summed E-state index contributed by atoms with van der Waals surface area (Å²) in [5, 5.41) is 13.9. The Labute approximate surface area is 162 Å². The number of benzene rings is 1. The van der Waals surface area contributed by atoms with E-state index in [1.807, 2.05) is 4.90 Å². The molecule has 2 aliphatic rings. The molecule has 1 atom stereocenters. The molecule has 26 heavy (non-hydrogen) atoms. The van der Waals surface area contributed by atoms with Gasteiger partial charge in [0, 0.05) is 44.4 Å². The van der Waals surface area contributed by atoms with E-state index in [1.54, 1.807) is 4.90 Å². The zero-order valence-electron chi connectivity index (χ0n) is 14.0. The molecule has 2 fully saturated rings. The van der Waals surface area contributed by atoms with Crippen molar-refractivity contribution < 1.29 is 14.5 Å². The zero-order valence-corrected chi connectivity index (χ0v) is 15.6. The van der Waals surface area contributed by atoms with Crippen LogP contribution in [0.3, 0.4) is 0 Å². The molecule has 0 bridgehead atoms. The molecule has 1 N–H and O–H groups in total. The fraction of sp³-hybridized carbons (Fsp3) is 0.500. The maximum Gasteiger partial charge on any atom is 0.270 e. The quantitative estimate of drug-likeness (QED) is 0.612. The first-order valence-corrected chi connectivity index (χ1v) is 8.58. The van der Waals surface area contributed by atoms with Gasteiger partial charge in [-0.2, -0.15) is 0 Å². The number of nitro groups is 1. The second-order valence-corrected chi connectivity index (χ2v) is 6.64. The van der Waals surface area contributed by atoms with Crippen molar-refractivity contribution in [3.05, 3.63) is 38.9 Å². The van der Waals surface area contributed by atoms with Gasteiger partial charge in [0.05, 0.1) is 22.1 Å². The van der Waals surface area contributed by atoms with Gasteiger partial charge in [-0.15, -0.1) is 12.4 Å². The maximum atomic E-state index is 12.8. The molecule has 3 rings (SSSR count). The normalized spacial score (nSPS) is 20.5. The lowest BCUT2D eigenvalue weighted by Crippen LogP contribution is -2.57. The van der Waals surface area contributed by atoms with Crippen LogP contribution in [0.4, 0.5) is 5.69 Å². The Hall–Kier alpha value is -1.90. The van der Waals surface area contributed by atoms with Gasteiger partial charge in [-0.25, -0.2) is 0 Å².